The molecule has 1 amide bonds. The van der Waals surface area contributed by atoms with Gasteiger partial charge < -0.3 is 5.32 Å². The highest BCUT2D eigenvalue weighted by Crippen LogP contribution is 2.27. The summed E-state index contributed by atoms with van der Waals surface area (Å²) in [5, 5.41) is 25.6. The van der Waals surface area contributed by atoms with Gasteiger partial charge >= 0.3 is 0 Å². The van der Waals surface area contributed by atoms with E-state index in [0.717, 1.165) is 12.1 Å². The highest BCUT2D eigenvalue weighted by molar-refractivity contribution is 6.31. The number of H-pyrrole nitrogens is 1. The van der Waals surface area contributed by atoms with Gasteiger partial charge in [0.15, 0.2) is 11.6 Å². The van der Waals surface area contributed by atoms with Gasteiger partial charge in [-0.05, 0) is 42.5 Å². The Bertz CT molecular complexity index is 1510. The molecule has 0 atom stereocenters. The van der Waals surface area contributed by atoms with E-state index < -0.39 is 17.5 Å². The monoisotopic (exact) mass is 481 g/mol. The van der Waals surface area contributed by atoms with Gasteiger partial charge in [0.25, 0.3) is 5.91 Å². The van der Waals surface area contributed by atoms with Crippen LogP contribution in [0, 0.1) is 18.6 Å². The molecule has 0 radical (unpaired) electrons. The quantitative estimate of drug-likeness (QED) is 0.395. The molecule has 0 aliphatic heterocycles. The molecular formula is C21H14ClF2N9O. The van der Waals surface area contributed by atoms with Crippen LogP contribution in [0.2, 0.25) is 5.02 Å². The molecule has 0 aliphatic carbocycles. The number of halogens is 3. The number of amides is 1. The summed E-state index contributed by atoms with van der Waals surface area (Å²) in [6, 6.07) is 9.82. The smallest absolute Gasteiger partial charge is 0.260 e. The van der Waals surface area contributed by atoms with E-state index in [1.54, 1.807) is 37.4 Å². The van der Waals surface area contributed by atoms with Crippen molar-refractivity contribution in [2.45, 2.75) is 6.92 Å². The molecule has 0 saturated carbocycles. The summed E-state index contributed by atoms with van der Waals surface area (Å²) in [5.41, 5.74) is 1.80. The Morgan fingerprint density at radius 3 is 2.71 bits per heavy atom. The van der Waals surface area contributed by atoms with Crippen LogP contribution in [-0.2, 0) is 0 Å². The van der Waals surface area contributed by atoms with Crippen molar-refractivity contribution in [1.82, 2.24) is 40.2 Å². The van der Waals surface area contributed by atoms with Gasteiger partial charge in [-0.2, -0.15) is 15.4 Å². The number of benzene rings is 2. The first-order valence-electron chi connectivity index (χ1n) is 9.81. The van der Waals surface area contributed by atoms with Gasteiger partial charge in [0, 0.05) is 23.4 Å². The van der Waals surface area contributed by atoms with Gasteiger partial charge in [0.05, 0.1) is 28.7 Å². The summed E-state index contributed by atoms with van der Waals surface area (Å²) >= 11 is 6.12. The molecular weight excluding hydrogens is 468 g/mol. The lowest BCUT2D eigenvalue weighted by Gasteiger charge is -2.08. The van der Waals surface area contributed by atoms with Gasteiger partial charge in [-0.15, -0.1) is 10.2 Å². The molecule has 5 rings (SSSR count). The van der Waals surface area contributed by atoms with Crippen molar-refractivity contribution in [1.29, 1.82) is 0 Å². The predicted octanol–water partition coefficient (Wildman–Crippen LogP) is 3.73. The van der Waals surface area contributed by atoms with E-state index >= 15 is 0 Å². The number of nitrogens with one attached hydrogen (secondary N) is 2. The van der Waals surface area contributed by atoms with E-state index in [-0.39, 0.29) is 17.1 Å². The molecule has 2 aromatic carbocycles. The average molecular weight is 482 g/mol. The zero-order valence-corrected chi connectivity index (χ0v) is 18.1. The molecule has 34 heavy (non-hydrogen) atoms. The number of tetrazole rings is 1. The van der Waals surface area contributed by atoms with Crippen LogP contribution in [-0.4, -0.2) is 46.1 Å². The fourth-order valence-electron chi connectivity index (χ4n) is 3.40. The summed E-state index contributed by atoms with van der Waals surface area (Å²) in [5.74, 6) is -1.40. The molecule has 3 heterocycles. The molecule has 0 fully saturated rings. The minimum atomic E-state index is -0.794. The normalized spacial score (nSPS) is 11.1. The first kappa shape index (κ1) is 21.4. The van der Waals surface area contributed by atoms with Gasteiger partial charge in [-0.25, -0.2) is 18.1 Å². The van der Waals surface area contributed by atoms with Crippen molar-refractivity contribution in [3.63, 3.8) is 0 Å². The van der Waals surface area contributed by atoms with Crippen LogP contribution < -0.4 is 5.32 Å². The molecule has 0 bridgehead atoms. The minimum Gasteiger partial charge on any atom is -0.305 e. The average Bonchev–Trinajstić information content (AvgIpc) is 3.56. The number of carbonyl (C=O) groups is 1. The zero-order valence-electron chi connectivity index (χ0n) is 17.4. The predicted molar refractivity (Wildman–Crippen MR) is 118 cm³/mol. The Hall–Kier alpha value is -4.45. The molecule has 0 aliphatic rings. The lowest BCUT2D eigenvalue weighted by Crippen LogP contribution is -2.14. The van der Waals surface area contributed by atoms with Crippen molar-refractivity contribution >= 4 is 23.3 Å². The lowest BCUT2D eigenvalue weighted by atomic mass is 10.1. The molecule has 10 nitrogen and oxygen atoms in total. The number of hydrogen-bond donors (Lipinski definition) is 2. The van der Waals surface area contributed by atoms with Crippen LogP contribution in [0.15, 0.2) is 54.9 Å². The van der Waals surface area contributed by atoms with Crippen LogP contribution in [0.4, 0.5) is 14.6 Å². The number of aromatic amines is 1. The Morgan fingerprint density at radius 2 is 1.94 bits per heavy atom. The number of anilines is 1. The third kappa shape index (κ3) is 3.90. The van der Waals surface area contributed by atoms with Gasteiger partial charge in [-0.3, -0.25) is 4.79 Å². The van der Waals surface area contributed by atoms with Gasteiger partial charge in [-0.1, -0.05) is 11.6 Å². The van der Waals surface area contributed by atoms with E-state index in [2.05, 4.69) is 36.1 Å². The van der Waals surface area contributed by atoms with E-state index in [1.165, 1.54) is 21.6 Å². The maximum Gasteiger partial charge on any atom is 0.260 e. The van der Waals surface area contributed by atoms with Crippen molar-refractivity contribution in [2.24, 2.45) is 0 Å². The number of rotatable bonds is 5. The van der Waals surface area contributed by atoms with Crippen molar-refractivity contribution in [3.8, 4) is 22.8 Å². The van der Waals surface area contributed by atoms with Crippen LogP contribution >= 0.6 is 11.6 Å². The Kier molecular flexibility index (Phi) is 5.34. The van der Waals surface area contributed by atoms with Crippen molar-refractivity contribution in [3.05, 3.63) is 82.8 Å². The highest BCUT2D eigenvalue weighted by atomic mass is 35.5. The largest absolute Gasteiger partial charge is 0.305 e. The molecule has 0 unspecified atom stereocenters. The van der Waals surface area contributed by atoms with Crippen molar-refractivity contribution in [2.75, 3.05) is 5.32 Å². The molecule has 2 N–H and O–H groups in total. The highest BCUT2D eigenvalue weighted by Gasteiger charge is 2.19. The Balaban J connectivity index is 1.41. The first-order valence-corrected chi connectivity index (χ1v) is 10.2. The lowest BCUT2D eigenvalue weighted by molar-refractivity contribution is 0.102. The number of aromatic nitrogens is 8. The summed E-state index contributed by atoms with van der Waals surface area (Å²) in [6.45, 7) is 1.61. The van der Waals surface area contributed by atoms with Crippen molar-refractivity contribution < 1.29 is 13.6 Å². The fraction of sp³-hybridized carbons (Fsp3) is 0.0476. The fourth-order valence-corrected chi connectivity index (χ4v) is 3.57. The summed E-state index contributed by atoms with van der Waals surface area (Å²) in [4.78, 5) is 12.8. The summed E-state index contributed by atoms with van der Waals surface area (Å²) in [6.07, 6.45) is 2.95. The van der Waals surface area contributed by atoms with E-state index in [0.29, 0.717) is 27.8 Å². The summed E-state index contributed by atoms with van der Waals surface area (Å²) < 4.78 is 30.1. The van der Waals surface area contributed by atoms with E-state index in [9.17, 15) is 13.6 Å². The molecule has 170 valence electrons. The SMILES string of the molecule is Cc1c(C(=O)Nc2ccn(-c3ccc(Cl)cc3-c3nn[nH]n3)n2)cnn1-c1ccc(F)cc1F. The second kappa shape index (κ2) is 8.48. The van der Waals surface area contributed by atoms with Gasteiger partial charge in [0.1, 0.15) is 11.5 Å². The third-order valence-corrected chi connectivity index (χ3v) is 5.25. The molecule has 0 spiro atoms. The topological polar surface area (TPSA) is 119 Å². The number of hydrogen-bond acceptors (Lipinski definition) is 6. The van der Waals surface area contributed by atoms with Gasteiger partial charge in [0.2, 0.25) is 5.82 Å². The number of nitrogens with zero attached hydrogens (tertiary/aromatic N) is 7. The Labute approximate surface area is 195 Å². The zero-order chi connectivity index (χ0) is 23.8. The molecule has 0 saturated heterocycles. The van der Waals surface area contributed by atoms with Crippen LogP contribution in [0.1, 0.15) is 16.1 Å². The van der Waals surface area contributed by atoms with Crippen LogP contribution in [0.25, 0.3) is 22.8 Å². The Morgan fingerprint density at radius 1 is 1.12 bits per heavy atom. The van der Waals surface area contributed by atoms with E-state index in [1.807, 2.05) is 0 Å². The molecule has 13 heteroatoms. The molecule has 5 aromatic rings. The van der Waals surface area contributed by atoms with E-state index in [4.69, 9.17) is 11.6 Å². The maximum absolute atomic E-state index is 14.2. The standard InChI is InChI=1S/C21H14ClF2N9O/c1-11-15(10-25-33(11)18-5-3-13(23)9-16(18)24)21(34)26-19-6-7-32(29-19)17-4-2-12(22)8-14(17)20-27-30-31-28-20/h2-10H,1H3,(H,26,29,34)(H,27,28,30,31). The maximum atomic E-state index is 14.2. The van der Waals surface area contributed by atoms with Crippen LogP contribution in [0.3, 0.4) is 0 Å². The minimum absolute atomic E-state index is 0.0268. The van der Waals surface area contributed by atoms with Crippen LogP contribution in [0.5, 0.6) is 0 Å². The molecule has 3 aromatic heterocycles. The third-order valence-electron chi connectivity index (χ3n) is 5.01. The second-order valence-electron chi connectivity index (χ2n) is 7.15. The number of carbonyl (C=O) groups excluding carboxylic acids is 1. The first-order chi connectivity index (χ1) is 16.4. The summed E-state index contributed by atoms with van der Waals surface area (Å²) in [7, 11) is 0. The second-order valence-corrected chi connectivity index (χ2v) is 7.58.